The second-order valence-electron chi connectivity index (χ2n) is 14.2. The molecular formula is C31H53NO6. The van der Waals surface area contributed by atoms with Gasteiger partial charge in [0.05, 0.1) is 18.8 Å². The lowest BCUT2D eigenvalue weighted by Gasteiger charge is -2.64. The van der Waals surface area contributed by atoms with Gasteiger partial charge in [-0.05, 0) is 110 Å². The molecule has 0 spiro atoms. The summed E-state index contributed by atoms with van der Waals surface area (Å²) in [5, 5.41) is 34.1. The summed E-state index contributed by atoms with van der Waals surface area (Å²) < 4.78 is 5.41. The fraction of sp³-hybridized carbons (Fsp3) is 0.935. The summed E-state index contributed by atoms with van der Waals surface area (Å²) in [4.78, 5) is 23.6. The Labute approximate surface area is 229 Å². The normalized spacial score (nSPS) is 43.9. The number of carboxylic acid groups (broad SMARTS) is 1. The minimum atomic E-state index is -1.05. The number of ether oxygens (including phenoxy) is 1. The van der Waals surface area contributed by atoms with E-state index in [-0.39, 0.29) is 41.5 Å². The van der Waals surface area contributed by atoms with Crippen molar-refractivity contribution in [1.82, 2.24) is 5.32 Å². The molecule has 3 unspecified atom stereocenters. The number of nitrogens with one attached hydrogen (secondary N) is 1. The molecule has 4 rings (SSSR count). The lowest BCUT2D eigenvalue weighted by atomic mass is 9.41. The van der Waals surface area contributed by atoms with Crippen LogP contribution in [-0.2, 0) is 9.53 Å². The van der Waals surface area contributed by atoms with Crippen LogP contribution in [0.25, 0.3) is 0 Å². The fourth-order valence-corrected chi connectivity index (χ4v) is 10.2. The van der Waals surface area contributed by atoms with Gasteiger partial charge in [-0.25, -0.2) is 9.59 Å². The molecule has 0 aromatic heterocycles. The van der Waals surface area contributed by atoms with Gasteiger partial charge >= 0.3 is 12.1 Å². The lowest BCUT2D eigenvalue weighted by Crippen LogP contribution is -2.62. The number of hydrogen-bond donors (Lipinski definition) is 4. The van der Waals surface area contributed by atoms with Crippen molar-refractivity contribution in [2.75, 3.05) is 6.61 Å². The van der Waals surface area contributed by atoms with Gasteiger partial charge in [0.15, 0.2) is 0 Å². The minimum absolute atomic E-state index is 0.172. The summed E-state index contributed by atoms with van der Waals surface area (Å²) in [6.45, 7) is 13.2. The first kappa shape index (κ1) is 29.6. The molecule has 0 bridgehead atoms. The van der Waals surface area contributed by atoms with E-state index in [0.29, 0.717) is 35.5 Å². The summed E-state index contributed by atoms with van der Waals surface area (Å²) in [7, 11) is 0. The first-order valence-electron chi connectivity index (χ1n) is 15.4. The van der Waals surface area contributed by atoms with Crippen LogP contribution < -0.4 is 5.32 Å². The summed E-state index contributed by atoms with van der Waals surface area (Å²) >= 11 is 0. The molecule has 0 aliphatic heterocycles. The van der Waals surface area contributed by atoms with Crippen LogP contribution in [0.1, 0.15) is 99.3 Å². The largest absolute Gasteiger partial charge is 0.480 e. The molecule has 4 aliphatic rings. The molecule has 4 N–H and O–H groups in total. The maximum absolute atomic E-state index is 12.2. The van der Waals surface area contributed by atoms with Crippen molar-refractivity contribution >= 4 is 12.1 Å². The van der Waals surface area contributed by atoms with Crippen molar-refractivity contribution < 1.29 is 29.6 Å². The van der Waals surface area contributed by atoms with E-state index in [1.165, 1.54) is 6.42 Å². The molecule has 0 radical (unpaired) electrons. The first-order valence-corrected chi connectivity index (χ1v) is 15.4. The summed E-state index contributed by atoms with van der Waals surface area (Å²) in [6.07, 6.45) is 8.00. The van der Waals surface area contributed by atoms with Gasteiger partial charge < -0.3 is 25.4 Å². The van der Waals surface area contributed by atoms with Gasteiger partial charge in [0.1, 0.15) is 6.04 Å². The topological polar surface area (TPSA) is 116 Å². The Morgan fingerprint density at radius 1 is 0.974 bits per heavy atom. The summed E-state index contributed by atoms with van der Waals surface area (Å²) in [5.74, 6) is 1.68. The van der Waals surface area contributed by atoms with Gasteiger partial charge in [0, 0.05) is 0 Å². The van der Waals surface area contributed by atoms with Crippen molar-refractivity contribution in [2.45, 2.75) is 118 Å². The van der Waals surface area contributed by atoms with E-state index in [2.05, 4.69) is 33.0 Å². The number of hydrogen-bond acceptors (Lipinski definition) is 5. The van der Waals surface area contributed by atoms with Crippen LogP contribution >= 0.6 is 0 Å². The average molecular weight is 536 g/mol. The maximum atomic E-state index is 12.2. The zero-order valence-corrected chi connectivity index (χ0v) is 24.5. The summed E-state index contributed by atoms with van der Waals surface area (Å²) in [6, 6.07) is -0.952. The third-order valence-corrected chi connectivity index (χ3v) is 12.2. The molecule has 38 heavy (non-hydrogen) atoms. The number of aliphatic hydroxyl groups is 2. The monoisotopic (exact) mass is 535 g/mol. The lowest BCUT2D eigenvalue weighted by molar-refractivity contribution is -0.203. The third-order valence-electron chi connectivity index (χ3n) is 12.2. The fourth-order valence-electron chi connectivity index (χ4n) is 10.2. The molecule has 4 fully saturated rings. The highest BCUT2D eigenvalue weighted by molar-refractivity contribution is 5.80. The van der Waals surface area contributed by atoms with Crippen LogP contribution in [0.2, 0.25) is 0 Å². The van der Waals surface area contributed by atoms with Crippen LogP contribution in [0.5, 0.6) is 0 Å². The highest BCUT2D eigenvalue weighted by Gasteiger charge is 2.64. The van der Waals surface area contributed by atoms with E-state index in [1.54, 1.807) is 13.8 Å². The zero-order valence-electron chi connectivity index (χ0n) is 24.5. The van der Waals surface area contributed by atoms with Gasteiger partial charge in [-0.3, -0.25) is 0 Å². The predicted molar refractivity (Wildman–Crippen MR) is 146 cm³/mol. The molecule has 4 aliphatic carbocycles. The first-order chi connectivity index (χ1) is 17.8. The van der Waals surface area contributed by atoms with Crippen LogP contribution in [-0.4, -0.2) is 52.2 Å². The number of rotatable bonds is 8. The molecule has 218 valence electrons. The zero-order chi connectivity index (χ0) is 28.0. The molecule has 7 nitrogen and oxygen atoms in total. The Balaban J connectivity index is 1.41. The van der Waals surface area contributed by atoms with E-state index < -0.39 is 18.1 Å². The van der Waals surface area contributed by atoms with E-state index >= 15 is 0 Å². The molecule has 7 heteroatoms. The van der Waals surface area contributed by atoms with Gasteiger partial charge in [-0.2, -0.15) is 0 Å². The maximum Gasteiger partial charge on any atom is 0.407 e. The molecule has 12 atom stereocenters. The molecule has 0 saturated heterocycles. The Morgan fingerprint density at radius 2 is 1.63 bits per heavy atom. The number of fused-ring (bicyclic) bond motifs is 5. The Hall–Kier alpha value is -1.34. The highest BCUT2D eigenvalue weighted by atomic mass is 16.5. The molecule has 0 heterocycles. The van der Waals surface area contributed by atoms with Gasteiger partial charge in [-0.1, -0.05) is 48.0 Å². The molecule has 1 amide bonds. The Kier molecular flexibility index (Phi) is 8.79. The van der Waals surface area contributed by atoms with Crippen LogP contribution in [0.4, 0.5) is 4.79 Å². The standard InChI is InChI=1S/C31H53NO6/c1-7-20-24-16-19(33)10-13-31(24,6)23-11-14-30(5)21(8-9-22(30)25(23)27(20)34)18(4)12-15-38-29(37)32-26(17(2)3)28(35)36/h17-27,33-34H,7-16H2,1-6H3,(H,32,37)(H,35,36)/t18-,19-,20-,21-,22+,23+,24?,25?,26+,27-,30?,31-/m1/s1. The van der Waals surface area contributed by atoms with Crippen LogP contribution in [0.3, 0.4) is 0 Å². The van der Waals surface area contributed by atoms with E-state index in [1.807, 2.05) is 0 Å². The van der Waals surface area contributed by atoms with Gasteiger partial charge in [0.2, 0.25) is 0 Å². The van der Waals surface area contributed by atoms with Crippen LogP contribution in [0, 0.1) is 58.2 Å². The van der Waals surface area contributed by atoms with E-state index in [0.717, 1.165) is 51.4 Å². The SMILES string of the molecule is CC[C@@H]1C2C[C@H](O)CC[C@]2(C)[C@H]2CCC3(C)[C@@H]([C@H](C)CCOC(=O)N[C@H](C(=O)O)C(C)C)CC[C@H]3C2[C@@H]1O. The predicted octanol–water partition coefficient (Wildman–Crippen LogP) is 5.47. The van der Waals surface area contributed by atoms with Crippen molar-refractivity contribution in [3.8, 4) is 0 Å². The summed E-state index contributed by atoms with van der Waals surface area (Å²) in [5.41, 5.74) is 0.380. The van der Waals surface area contributed by atoms with Crippen LogP contribution in [0.15, 0.2) is 0 Å². The number of carbonyl (C=O) groups excluding carboxylic acids is 1. The number of carboxylic acids is 1. The van der Waals surface area contributed by atoms with Crippen molar-refractivity contribution in [3.05, 3.63) is 0 Å². The number of amides is 1. The van der Waals surface area contributed by atoms with E-state index in [4.69, 9.17) is 4.74 Å². The third kappa shape index (κ3) is 5.11. The molecule has 4 saturated carbocycles. The van der Waals surface area contributed by atoms with Gasteiger partial charge in [0.25, 0.3) is 0 Å². The Morgan fingerprint density at radius 3 is 2.26 bits per heavy atom. The minimum Gasteiger partial charge on any atom is -0.480 e. The number of aliphatic hydroxyl groups excluding tert-OH is 2. The van der Waals surface area contributed by atoms with Crippen molar-refractivity contribution in [3.63, 3.8) is 0 Å². The van der Waals surface area contributed by atoms with Gasteiger partial charge in [-0.15, -0.1) is 0 Å². The highest BCUT2D eigenvalue weighted by Crippen LogP contribution is 2.69. The Bertz CT molecular complexity index is 863. The number of carbonyl (C=O) groups is 2. The second kappa shape index (κ2) is 11.3. The molecule has 0 aromatic carbocycles. The van der Waals surface area contributed by atoms with E-state index in [9.17, 15) is 24.9 Å². The number of alkyl carbamates (subject to hydrolysis) is 1. The quantitative estimate of drug-likeness (QED) is 0.327. The molecule has 0 aromatic rings. The second-order valence-corrected chi connectivity index (χ2v) is 14.2. The smallest absolute Gasteiger partial charge is 0.407 e. The molecular weight excluding hydrogens is 482 g/mol. The van der Waals surface area contributed by atoms with Crippen molar-refractivity contribution in [1.29, 1.82) is 0 Å². The van der Waals surface area contributed by atoms with Crippen molar-refractivity contribution in [2.24, 2.45) is 58.2 Å². The average Bonchev–Trinajstić information content (AvgIpc) is 3.20. The number of aliphatic carboxylic acids is 1.